The van der Waals surface area contributed by atoms with Crippen molar-refractivity contribution in [2.24, 2.45) is 5.92 Å². The predicted molar refractivity (Wildman–Crippen MR) is 99.9 cm³/mol. The van der Waals surface area contributed by atoms with E-state index in [0.29, 0.717) is 12.5 Å². The molecule has 25 heavy (non-hydrogen) atoms. The predicted octanol–water partition coefficient (Wildman–Crippen LogP) is 3.99. The van der Waals surface area contributed by atoms with Gasteiger partial charge in [-0.2, -0.15) is 0 Å². The first-order valence-electron chi connectivity index (χ1n) is 8.95. The lowest BCUT2D eigenvalue weighted by molar-refractivity contribution is 0.0272. The average Bonchev–Trinajstić information content (AvgIpc) is 2.72. The quantitative estimate of drug-likeness (QED) is 0.874. The van der Waals surface area contributed by atoms with Gasteiger partial charge in [-0.3, -0.25) is 0 Å². The lowest BCUT2D eigenvalue weighted by Crippen LogP contribution is -2.43. The third-order valence-corrected chi connectivity index (χ3v) is 4.26. The zero-order valence-electron chi connectivity index (χ0n) is 16.6. The molecule has 0 bridgehead atoms. The first-order chi connectivity index (χ1) is 11.5. The van der Waals surface area contributed by atoms with Gasteiger partial charge in [0.05, 0.1) is 6.04 Å². The van der Waals surface area contributed by atoms with Crippen LogP contribution in [0.2, 0.25) is 0 Å². The van der Waals surface area contributed by atoms with Crippen LogP contribution in [-0.2, 0) is 4.74 Å². The van der Waals surface area contributed by atoms with Crippen LogP contribution in [0.1, 0.15) is 53.1 Å². The van der Waals surface area contributed by atoms with Crippen molar-refractivity contribution in [3.8, 4) is 5.75 Å². The van der Waals surface area contributed by atoms with E-state index in [4.69, 9.17) is 9.47 Å². The molecule has 1 amide bonds. The Morgan fingerprint density at radius 3 is 2.64 bits per heavy atom. The average molecular weight is 348 g/mol. The molecule has 5 nitrogen and oxygen atoms in total. The second kappa shape index (κ2) is 7.24. The molecule has 0 aliphatic carbocycles. The van der Waals surface area contributed by atoms with Gasteiger partial charge in [-0.25, -0.2) is 4.79 Å². The molecule has 0 fully saturated rings. The van der Waals surface area contributed by atoms with E-state index in [2.05, 4.69) is 32.2 Å². The summed E-state index contributed by atoms with van der Waals surface area (Å²) in [6.07, 6.45) is -0.283. The van der Waals surface area contributed by atoms with Gasteiger partial charge in [0, 0.05) is 25.7 Å². The number of carbonyl (C=O) groups excluding carboxylic acids is 1. The van der Waals surface area contributed by atoms with Crippen LogP contribution in [0.4, 0.5) is 4.79 Å². The minimum atomic E-state index is -0.470. The normalized spacial score (nSPS) is 19.7. The third-order valence-electron chi connectivity index (χ3n) is 4.26. The van der Waals surface area contributed by atoms with E-state index in [0.717, 1.165) is 12.3 Å². The molecule has 1 aromatic rings. The topological polar surface area (TPSA) is 50.8 Å². The number of carbonyl (C=O) groups is 1. The van der Waals surface area contributed by atoms with Crippen molar-refractivity contribution >= 4 is 6.09 Å². The Bertz CT molecular complexity index is 607. The summed E-state index contributed by atoms with van der Waals surface area (Å²) in [5.41, 5.74) is 0.433. The highest BCUT2D eigenvalue weighted by Crippen LogP contribution is 2.42. The minimum Gasteiger partial charge on any atom is -0.486 e. The van der Waals surface area contributed by atoms with Crippen molar-refractivity contribution < 1.29 is 14.3 Å². The molecular formula is C20H32N2O3. The number of para-hydroxylation sites is 1. The molecule has 2 rings (SSSR count). The number of hydrogen-bond acceptors (Lipinski definition) is 4. The van der Waals surface area contributed by atoms with Gasteiger partial charge in [0.2, 0.25) is 0 Å². The van der Waals surface area contributed by atoms with Gasteiger partial charge < -0.3 is 19.7 Å². The summed E-state index contributed by atoms with van der Waals surface area (Å²) < 4.78 is 11.5. The van der Waals surface area contributed by atoms with Crippen LogP contribution in [0.5, 0.6) is 5.75 Å². The Labute approximate surface area is 151 Å². The van der Waals surface area contributed by atoms with E-state index < -0.39 is 5.60 Å². The zero-order chi connectivity index (χ0) is 18.8. The summed E-state index contributed by atoms with van der Waals surface area (Å²) in [6.45, 7) is 13.4. The van der Waals surface area contributed by atoms with E-state index >= 15 is 0 Å². The summed E-state index contributed by atoms with van der Waals surface area (Å²) in [5.74, 6) is 1.24. The number of fused-ring (bicyclic) bond motifs is 1. The van der Waals surface area contributed by atoms with Gasteiger partial charge in [-0.1, -0.05) is 25.1 Å². The van der Waals surface area contributed by atoms with E-state index in [9.17, 15) is 4.79 Å². The van der Waals surface area contributed by atoms with Gasteiger partial charge in [0.15, 0.2) is 0 Å². The monoisotopic (exact) mass is 348 g/mol. The maximum absolute atomic E-state index is 12.1. The van der Waals surface area contributed by atoms with Crippen molar-refractivity contribution in [3.63, 3.8) is 0 Å². The van der Waals surface area contributed by atoms with Crippen LogP contribution in [0.15, 0.2) is 24.3 Å². The zero-order valence-corrected chi connectivity index (χ0v) is 16.6. The lowest BCUT2D eigenvalue weighted by atomic mass is 9.94. The first-order valence-corrected chi connectivity index (χ1v) is 8.95. The van der Waals surface area contributed by atoms with Crippen LogP contribution >= 0.6 is 0 Å². The van der Waals surface area contributed by atoms with Gasteiger partial charge >= 0.3 is 6.09 Å². The highest BCUT2D eigenvalue weighted by atomic mass is 16.6. The van der Waals surface area contributed by atoms with Crippen molar-refractivity contribution in [2.75, 3.05) is 20.1 Å². The fourth-order valence-corrected chi connectivity index (χ4v) is 3.15. The summed E-state index contributed by atoms with van der Waals surface area (Å²) in [6, 6.07) is 8.30. The number of nitrogens with one attached hydrogen (secondary N) is 1. The van der Waals surface area contributed by atoms with Crippen LogP contribution in [0, 0.1) is 5.92 Å². The number of ether oxygens (including phenoxy) is 2. The van der Waals surface area contributed by atoms with Gasteiger partial charge in [-0.05, 0) is 46.6 Å². The number of benzene rings is 1. The standard InChI is InChI=1S/C20H32N2O3/c1-14(13-22(7)18(23)25-19(2,3)4)12-21-17-15-10-8-9-11-16(15)24-20(17,5)6/h8-11,14,17,21H,12-13H2,1-7H3. The van der Waals surface area contributed by atoms with Crippen molar-refractivity contribution in [1.82, 2.24) is 10.2 Å². The highest BCUT2D eigenvalue weighted by Gasteiger charge is 2.40. The molecule has 2 unspecified atom stereocenters. The molecule has 1 aliphatic heterocycles. The number of nitrogens with zero attached hydrogens (tertiary/aromatic N) is 1. The fraction of sp³-hybridized carbons (Fsp3) is 0.650. The second-order valence-electron chi connectivity index (χ2n) is 8.55. The molecule has 0 aromatic heterocycles. The Hall–Kier alpha value is -1.75. The van der Waals surface area contributed by atoms with E-state index in [1.54, 1.807) is 11.9 Å². The Balaban J connectivity index is 1.89. The van der Waals surface area contributed by atoms with Gasteiger partial charge in [-0.15, -0.1) is 0 Å². The molecule has 2 atom stereocenters. The third kappa shape index (κ3) is 5.11. The van der Waals surface area contributed by atoms with E-state index in [1.807, 2.05) is 39.0 Å². The molecule has 140 valence electrons. The smallest absolute Gasteiger partial charge is 0.410 e. The molecular weight excluding hydrogens is 316 g/mol. The first kappa shape index (κ1) is 19.6. The summed E-state index contributed by atoms with van der Waals surface area (Å²) in [7, 11) is 1.78. The van der Waals surface area contributed by atoms with Crippen LogP contribution in [0.3, 0.4) is 0 Å². The number of rotatable bonds is 5. The lowest BCUT2D eigenvalue weighted by Gasteiger charge is -2.30. The van der Waals surface area contributed by atoms with Crippen LogP contribution in [0.25, 0.3) is 0 Å². The van der Waals surface area contributed by atoms with E-state index in [-0.39, 0.29) is 17.7 Å². The second-order valence-corrected chi connectivity index (χ2v) is 8.55. The van der Waals surface area contributed by atoms with Crippen LogP contribution in [-0.4, -0.2) is 42.3 Å². The molecule has 0 saturated carbocycles. The summed E-state index contributed by atoms with van der Waals surface area (Å²) in [4.78, 5) is 13.7. The maximum Gasteiger partial charge on any atom is 0.410 e. The number of hydrogen-bond donors (Lipinski definition) is 1. The Morgan fingerprint density at radius 1 is 1.36 bits per heavy atom. The van der Waals surface area contributed by atoms with Crippen LogP contribution < -0.4 is 10.1 Å². The molecule has 0 saturated heterocycles. The van der Waals surface area contributed by atoms with Gasteiger partial charge in [0.1, 0.15) is 17.0 Å². The molecule has 0 spiro atoms. The highest BCUT2D eigenvalue weighted by molar-refractivity contribution is 5.67. The molecule has 5 heteroatoms. The van der Waals surface area contributed by atoms with Gasteiger partial charge in [0.25, 0.3) is 0 Å². The largest absolute Gasteiger partial charge is 0.486 e. The minimum absolute atomic E-state index is 0.137. The molecule has 0 radical (unpaired) electrons. The SMILES string of the molecule is CC(CNC1c2ccccc2OC1(C)C)CN(C)C(=O)OC(C)(C)C. The maximum atomic E-state index is 12.1. The molecule has 1 aliphatic rings. The Kier molecular flexibility index (Phi) is 5.67. The fourth-order valence-electron chi connectivity index (χ4n) is 3.15. The van der Waals surface area contributed by atoms with Crippen molar-refractivity contribution in [1.29, 1.82) is 0 Å². The number of amides is 1. The molecule has 1 N–H and O–H groups in total. The van der Waals surface area contributed by atoms with Crippen molar-refractivity contribution in [3.05, 3.63) is 29.8 Å². The summed E-state index contributed by atoms with van der Waals surface area (Å²) >= 11 is 0. The van der Waals surface area contributed by atoms with E-state index in [1.165, 1.54) is 5.56 Å². The Morgan fingerprint density at radius 2 is 2.00 bits per heavy atom. The molecule has 1 heterocycles. The molecule has 1 aromatic carbocycles. The summed E-state index contributed by atoms with van der Waals surface area (Å²) in [5, 5.41) is 3.62. The van der Waals surface area contributed by atoms with Crippen molar-refractivity contribution in [2.45, 2.75) is 58.8 Å².